The molecule has 0 aliphatic carbocycles. The van der Waals surface area contributed by atoms with Crippen molar-refractivity contribution in [2.75, 3.05) is 19.6 Å². The van der Waals surface area contributed by atoms with E-state index in [0.717, 1.165) is 17.5 Å². The van der Waals surface area contributed by atoms with Crippen LogP contribution in [-0.2, 0) is 0 Å². The van der Waals surface area contributed by atoms with Crippen LogP contribution in [-0.4, -0.2) is 24.5 Å². The lowest BCUT2D eigenvalue weighted by molar-refractivity contribution is 0.200. The first kappa shape index (κ1) is 9.08. The Labute approximate surface area is 74.0 Å². The Morgan fingerprint density at radius 2 is 2.45 bits per heavy atom. The molecule has 0 saturated carbocycles. The monoisotopic (exact) mass is 173 g/mol. The smallest absolute Gasteiger partial charge is 0.0335 e. The number of hydrogen-bond acceptors (Lipinski definition) is 1. The Balaban J connectivity index is 2.28. The van der Waals surface area contributed by atoms with Gasteiger partial charge in [-0.15, -0.1) is 0 Å². The molecule has 0 amide bonds. The Morgan fingerprint density at radius 1 is 1.73 bits per heavy atom. The van der Waals surface area contributed by atoms with E-state index in [-0.39, 0.29) is 0 Å². The SMILES string of the molecule is C=C(Cl)CN1CCC[C@H](C)C1. The van der Waals surface area contributed by atoms with Crippen LogP contribution in [0.15, 0.2) is 11.6 Å². The molecule has 1 aliphatic rings. The average Bonchev–Trinajstić information content (AvgIpc) is 1.85. The Hall–Kier alpha value is -0.0100. The van der Waals surface area contributed by atoms with Gasteiger partial charge in [-0.1, -0.05) is 25.1 Å². The molecule has 0 aromatic rings. The van der Waals surface area contributed by atoms with Crippen molar-refractivity contribution in [3.05, 3.63) is 11.6 Å². The first-order valence-electron chi connectivity index (χ1n) is 4.24. The molecule has 1 fully saturated rings. The first-order chi connectivity index (χ1) is 5.18. The van der Waals surface area contributed by atoms with E-state index < -0.39 is 0 Å². The minimum absolute atomic E-state index is 0.763. The normalized spacial score (nSPS) is 26.9. The summed E-state index contributed by atoms with van der Waals surface area (Å²) in [5.74, 6) is 0.833. The second kappa shape index (κ2) is 4.13. The molecule has 0 unspecified atom stereocenters. The van der Waals surface area contributed by atoms with Crippen LogP contribution in [0.1, 0.15) is 19.8 Å². The number of rotatable bonds is 2. The van der Waals surface area contributed by atoms with E-state index in [0.29, 0.717) is 0 Å². The Kier molecular flexibility index (Phi) is 3.41. The van der Waals surface area contributed by atoms with E-state index in [1.54, 1.807) is 0 Å². The topological polar surface area (TPSA) is 3.24 Å². The third-order valence-electron chi connectivity index (χ3n) is 2.14. The van der Waals surface area contributed by atoms with Crippen LogP contribution in [0, 0.1) is 5.92 Å². The van der Waals surface area contributed by atoms with Crippen molar-refractivity contribution in [3.63, 3.8) is 0 Å². The number of piperidine rings is 1. The zero-order valence-electron chi connectivity index (χ0n) is 7.15. The fourth-order valence-corrected chi connectivity index (χ4v) is 1.84. The summed E-state index contributed by atoms with van der Waals surface area (Å²) in [6.45, 7) is 9.24. The molecule has 2 heteroatoms. The highest BCUT2D eigenvalue weighted by atomic mass is 35.5. The molecular formula is C9H16ClN. The van der Waals surface area contributed by atoms with Gasteiger partial charge in [0.15, 0.2) is 0 Å². The van der Waals surface area contributed by atoms with Crippen LogP contribution in [0.2, 0.25) is 0 Å². The van der Waals surface area contributed by atoms with E-state index in [4.69, 9.17) is 11.6 Å². The van der Waals surface area contributed by atoms with Gasteiger partial charge in [0, 0.05) is 18.1 Å². The molecule has 64 valence electrons. The Bertz CT molecular complexity index is 144. The molecule has 0 bridgehead atoms. The fourth-order valence-electron chi connectivity index (χ4n) is 1.67. The van der Waals surface area contributed by atoms with Crippen molar-refractivity contribution in [1.29, 1.82) is 0 Å². The lowest BCUT2D eigenvalue weighted by atomic mass is 10.0. The molecule has 11 heavy (non-hydrogen) atoms. The van der Waals surface area contributed by atoms with Gasteiger partial charge in [-0.3, -0.25) is 4.90 Å². The Morgan fingerprint density at radius 3 is 3.00 bits per heavy atom. The summed E-state index contributed by atoms with van der Waals surface area (Å²) in [5, 5.41) is 0.763. The van der Waals surface area contributed by atoms with Crippen LogP contribution >= 0.6 is 11.6 Å². The minimum atomic E-state index is 0.763. The van der Waals surface area contributed by atoms with Crippen molar-refractivity contribution < 1.29 is 0 Å². The first-order valence-corrected chi connectivity index (χ1v) is 4.62. The van der Waals surface area contributed by atoms with Gasteiger partial charge in [-0.05, 0) is 25.3 Å². The molecule has 1 aliphatic heterocycles. The summed E-state index contributed by atoms with van der Waals surface area (Å²) in [4.78, 5) is 2.38. The predicted molar refractivity (Wildman–Crippen MR) is 49.8 cm³/mol. The highest BCUT2D eigenvalue weighted by Crippen LogP contribution is 2.16. The van der Waals surface area contributed by atoms with Gasteiger partial charge in [0.2, 0.25) is 0 Å². The van der Waals surface area contributed by atoms with Gasteiger partial charge in [-0.2, -0.15) is 0 Å². The van der Waals surface area contributed by atoms with Crippen molar-refractivity contribution >= 4 is 11.6 Å². The lowest BCUT2D eigenvalue weighted by Gasteiger charge is -2.30. The minimum Gasteiger partial charge on any atom is -0.298 e. The maximum atomic E-state index is 5.72. The van der Waals surface area contributed by atoms with E-state index in [2.05, 4.69) is 18.4 Å². The van der Waals surface area contributed by atoms with Crippen LogP contribution in [0.5, 0.6) is 0 Å². The molecule has 1 rings (SSSR count). The van der Waals surface area contributed by atoms with Gasteiger partial charge in [0.1, 0.15) is 0 Å². The van der Waals surface area contributed by atoms with Crippen molar-refractivity contribution in [3.8, 4) is 0 Å². The summed E-state index contributed by atoms with van der Waals surface area (Å²) in [6.07, 6.45) is 2.68. The number of halogens is 1. The van der Waals surface area contributed by atoms with Gasteiger partial charge < -0.3 is 0 Å². The highest BCUT2D eigenvalue weighted by molar-refractivity contribution is 6.29. The summed E-state index contributed by atoms with van der Waals surface area (Å²) in [7, 11) is 0. The third kappa shape index (κ3) is 3.26. The third-order valence-corrected chi connectivity index (χ3v) is 2.26. The zero-order chi connectivity index (χ0) is 8.27. The molecule has 1 atom stereocenters. The predicted octanol–water partition coefficient (Wildman–Crippen LogP) is 2.47. The molecule has 0 N–H and O–H groups in total. The fraction of sp³-hybridized carbons (Fsp3) is 0.778. The number of likely N-dealkylation sites (tertiary alicyclic amines) is 1. The van der Waals surface area contributed by atoms with Gasteiger partial charge in [0.05, 0.1) is 0 Å². The van der Waals surface area contributed by atoms with E-state index in [9.17, 15) is 0 Å². The van der Waals surface area contributed by atoms with Gasteiger partial charge in [-0.25, -0.2) is 0 Å². The average molecular weight is 174 g/mol. The van der Waals surface area contributed by atoms with Crippen LogP contribution in [0.3, 0.4) is 0 Å². The summed E-state index contributed by atoms with van der Waals surface area (Å²) in [5.41, 5.74) is 0. The van der Waals surface area contributed by atoms with E-state index in [1.165, 1.54) is 25.9 Å². The molecule has 1 heterocycles. The molecule has 1 nitrogen and oxygen atoms in total. The zero-order valence-corrected chi connectivity index (χ0v) is 7.90. The quantitative estimate of drug-likeness (QED) is 0.620. The standard InChI is InChI=1S/C9H16ClN/c1-8-4-3-5-11(6-8)7-9(2)10/h8H,2-7H2,1H3/t8-/m0/s1. The summed E-state index contributed by atoms with van der Waals surface area (Å²) in [6, 6.07) is 0. The highest BCUT2D eigenvalue weighted by Gasteiger charge is 2.15. The number of nitrogens with zero attached hydrogens (tertiary/aromatic N) is 1. The van der Waals surface area contributed by atoms with Gasteiger partial charge >= 0.3 is 0 Å². The molecular weight excluding hydrogens is 158 g/mol. The summed E-state index contributed by atoms with van der Waals surface area (Å²) < 4.78 is 0. The van der Waals surface area contributed by atoms with E-state index >= 15 is 0 Å². The molecule has 0 spiro atoms. The molecule has 1 saturated heterocycles. The maximum absolute atomic E-state index is 5.72. The van der Waals surface area contributed by atoms with Crippen molar-refractivity contribution in [1.82, 2.24) is 4.90 Å². The second-order valence-corrected chi connectivity index (χ2v) is 4.03. The summed E-state index contributed by atoms with van der Waals surface area (Å²) >= 11 is 5.72. The lowest BCUT2D eigenvalue weighted by Crippen LogP contribution is -2.34. The van der Waals surface area contributed by atoms with Crippen LogP contribution in [0.4, 0.5) is 0 Å². The van der Waals surface area contributed by atoms with Crippen LogP contribution in [0.25, 0.3) is 0 Å². The maximum Gasteiger partial charge on any atom is 0.0335 e. The number of hydrogen-bond donors (Lipinski definition) is 0. The second-order valence-electron chi connectivity index (χ2n) is 3.50. The van der Waals surface area contributed by atoms with Crippen molar-refractivity contribution in [2.45, 2.75) is 19.8 Å². The molecule has 0 aromatic heterocycles. The molecule has 0 radical (unpaired) electrons. The van der Waals surface area contributed by atoms with Gasteiger partial charge in [0.25, 0.3) is 0 Å². The molecule has 0 aromatic carbocycles. The van der Waals surface area contributed by atoms with Crippen molar-refractivity contribution in [2.24, 2.45) is 5.92 Å². The van der Waals surface area contributed by atoms with Crippen LogP contribution < -0.4 is 0 Å². The largest absolute Gasteiger partial charge is 0.298 e. The van der Waals surface area contributed by atoms with E-state index in [1.807, 2.05) is 0 Å².